The highest BCUT2D eigenvalue weighted by Gasteiger charge is 2.24. The molecular weight excluding hydrogens is 406 g/mol. The molecule has 1 aliphatic rings. The summed E-state index contributed by atoms with van der Waals surface area (Å²) in [6, 6.07) is 18.5. The maximum absolute atomic E-state index is 11.7. The number of rotatable bonds is 4. The summed E-state index contributed by atoms with van der Waals surface area (Å²) < 4.78 is 2.31. The first-order valence-corrected chi connectivity index (χ1v) is 10.9. The number of aromatic nitrogens is 2. The topological polar surface area (TPSA) is 38.1 Å². The predicted octanol–water partition coefficient (Wildman–Crippen LogP) is 5.73. The van der Waals surface area contributed by atoms with Crippen LogP contribution in [0.1, 0.15) is 38.4 Å². The van der Waals surface area contributed by atoms with E-state index in [4.69, 9.17) is 16.6 Å². The summed E-state index contributed by atoms with van der Waals surface area (Å²) >= 11 is 6.25. The molecule has 0 amide bonds. The zero-order valence-electron chi connectivity index (χ0n) is 17.7. The van der Waals surface area contributed by atoms with Crippen LogP contribution in [-0.2, 0) is 19.5 Å². The Kier molecular flexibility index (Phi) is 5.03. The Hall–Kier alpha value is -3.11. The molecule has 2 aromatic carbocycles. The number of pyridine rings is 1. The second kappa shape index (κ2) is 7.86. The lowest BCUT2D eigenvalue weighted by Gasteiger charge is -2.31. The number of hydrogen-bond acceptors (Lipinski definition) is 3. The van der Waals surface area contributed by atoms with E-state index in [-0.39, 0.29) is 0 Å². The van der Waals surface area contributed by atoms with Gasteiger partial charge in [-0.05, 0) is 60.7 Å². The van der Waals surface area contributed by atoms with Crippen LogP contribution >= 0.6 is 11.6 Å². The third-order valence-corrected chi connectivity index (χ3v) is 6.63. The van der Waals surface area contributed by atoms with Crippen molar-refractivity contribution in [1.29, 1.82) is 0 Å². The van der Waals surface area contributed by atoms with Crippen LogP contribution in [0.15, 0.2) is 54.6 Å². The molecule has 156 valence electrons. The normalized spacial score (nSPS) is 13.5. The SMILES string of the molecule is Cc1c(C)n(Cc2cccc(Cl)c2)c2c(N3CCc4ccccc4C3)nc(C=O)cc12. The summed E-state index contributed by atoms with van der Waals surface area (Å²) in [6.45, 7) is 6.63. The van der Waals surface area contributed by atoms with E-state index in [1.807, 2.05) is 24.3 Å². The van der Waals surface area contributed by atoms with Gasteiger partial charge < -0.3 is 9.47 Å². The van der Waals surface area contributed by atoms with E-state index in [1.54, 1.807) is 0 Å². The lowest BCUT2D eigenvalue weighted by Crippen LogP contribution is -2.31. The van der Waals surface area contributed by atoms with E-state index in [2.05, 4.69) is 53.6 Å². The average Bonchev–Trinajstić information content (AvgIpc) is 3.03. The number of aldehydes is 1. The van der Waals surface area contributed by atoms with Crippen molar-refractivity contribution in [3.63, 3.8) is 0 Å². The van der Waals surface area contributed by atoms with Crippen molar-refractivity contribution in [3.05, 3.63) is 93.3 Å². The molecule has 5 rings (SSSR count). The molecule has 0 radical (unpaired) electrons. The number of anilines is 1. The maximum Gasteiger partial charge on any atom is 0.168 e. The molecule has 0 N–H and O–H groups in total. The van der Waals surface area contributed by atoms with Gasteiger partial charge in [0.2, 0.25) is 0 Å². The van der Waals surface area contributed by atoms with Crippen LogP contribution in [0.2, 0.25) is 5.02 Å². The smallest absolute Gasteiger partial charge is 0.168 e. The minimum Gasteiger partial charge on any atom is -0.350 e. The minimum absolute atomic E-state index is 0.476. The maximum atomic E-state index is 11.7. The van der Waals surface area contributed by atoms with Crippen molar-refractivity contribution in [3.8, 4) is 0 Å². The van der Waals surface area contributed by atoms with Crippen LogP contribution in [0.3, 0.4) is 0 Å². The fraction of sp³-hybridized carbons (Fsp3) is 0.231. The Balaban J connectivity index is 1.68. The number of hydrogen-bond donors (Lipinski definition) is 0. The van der Waals surface area contributed by atoms with Gasteiger partial charge in [0.15, 0.2) is 12.1 Å². The standard InChI is InChI=1S/C26H24ClN3O/c1-17-18(2)30(14-19-6-5-9-22(27)12-19)25-24(17)13-23(16-31)28-26(25)29-11-10-20-7-3-4-8-21(20)15-29/h3-9,12-13,16H,10-11,14-15H2,1-2H3. The van der Waals surface area contributed by atoms with Crippen molar-refractivity contribution >= 4 is 34.6 Å². The van der Waals surface area contributed by atoms with Crippen molar-refractivity contribution < 1.29 is 4.79 Å². The predicted molar refractivity (Wildman–Crippen MR) is 126 cm³/mol. The summed E-state index contributed by atoms with van der Waals surface area (Å²) in [6.07, 6.45) is 1.82. The second-order valence-electron chi connectivity index (χ2n) is 8.25. The van der Waals surface area contributed by atoms with Gasteiger partial charge in [0.25, 0.3) is 0 Å². The van der Waals surface area contributed by atoms with Crippen molar-refractivity contribution in [1.82, 2.24) is 9.55 Å². The summed E-state index contributed by atoms with van der Waals surface area (Å²) in [7, 11) is 0. The molecule has 31 heavy (non-hydrogen) atoms. The first-order valence-electron chi connectivity index (χ1n) is 10.6. The van der Waals surface area contributed by atoms with Gasteiger partial charge in [0.05, 0.1) is 5.52 Å². The van der Waals surface area contributed by atoms with Crippen LogP contribution in [0.4, 0.5) is 5.82 Å². The summed E-state index contributed by atoms with van der Waals surface area (Å²) in [5.74, 6) is 0.882. The van der Waals surface area contributed by atoms with Gasteiger partial charge in [-0.2, -0.15) is 0 Å². The third kappa shape index (κ3) is 3.51. The molecule has 1 aliphatic heterocycles. The highest BCUT2D eigenvalue weighted by atomic mass is 35.5. The van der Waals surface area contributed by atoms with Crippen LogP contribution in [0.25, 0.3) is 10.9 Å². The fourth-order valence-corrected chi connectivity index (χ4v) is 4.85. The summed E-state index contributed by atoms with van der Waals surface area (Å²) in [5.41, 5.74) is 7.77. The monoisotopic (exact) mass is 429 g/mol. The Morgan fingerprint density at radius 1 is 1.06 bits per heavy atom. The van der Waals surface area contributed by atoms with Crippen LogP contribution in [-0.4, -0.2) is 22.4 Å². The van der Waals surface area contributed by atoms with Crippen LogP contribution in [0.5, 0.6) is 0 Å². The average molecular weight is 430 g/mol. The molecule has 0 saturated heterocycles. The van der Waals surface area contributed by atoms with Crippen molar-refractivity contribution in [2.45, 2.75) is 33.4 Å². The molecule has 0 fully saturated rings. The first-order chi connectivity index (χ1) is 15.0. The fourth-order valence-electron chi connectivity index (χ4n) is 4.63. The zero-order valence-corrected chi connectivity index (χ0v) is 18.5. The highest BCUT2D eigenvalue weighted by Crippen LogP contribution is 2.35. The molecule has 0 spiro atoms. The zero-order chi connectivity index (χ0) is 21.5. The lowest BCUT2D eigenvalue weighted by molar-refractivity contribution is 0.111. The molecule has 5 heteroatoms. The molecule has 0 atom stereocenters. The number of carbonyl (C=O) groups is 1. The Labute approximate surface area is 187 Å². The third-order valence-electron chi connectivity index (χ3n) is 6.40. The molecule has 4 aromatic rings. The van der Waals surface area contributed by atoms with Crippen molar-refractivity contribution in [2.75, 3.05) is 11.4 Å². The van der Waals surface area contributed by atoms with Gasteiger partial charge in [-0.1, -0.05) is 48.0 Å². The van der Waals surface area contributed by atoms with Crippen LogP contribution < -0.4 is 4.90 Å². The Morgan fingerprint density at radius 3 is 2.65 bits per heavy atom. The van der Waals surface area contributed by atoms with Gasteiger partial charge in [0, 0.05) is 35.7 Å². The van der Waals surface area contributed by atoms with Crippen molar-refractivity contribution in [2.24, 2.45) is 0 Å². The Bertz CT molecular complexity index is 1310. The van der Waals surface area contributed by atoms with Gasteiger partial charge in [-0.3, -0.25) is 4.79 Å². The number of aryl methyl sites for hydroxylation is 1. The highest BCUT2D eigenvalue weighted by molar-refractivity contribution is 6.30. The molecule has 0 bridgehead atoms. The van der Waals surface area contributed by atoms with Gasteiger partial charge in [0.1, 0.15) is 5.69 Å². The molecule has 3 heterocycles. The van der Waals surface area contributed by atoms with E-state index >= 15 is 0 Å². The number of benzene rings is 2. The number of fused-ring (bicyclic) bond motifs is 2. The molecule has 4 nitrogen and oxygen atoms in total. The van der Waals surface area contributed by atoms with E-state index < -0.39 is 0 Å². The van der Waals surface area contributed by atoms with Gasteiger partial charge in [-0.15, -0.1) is 0 Å². The number of carbonyl (C=O) groups excluding carboxylic acids is 1. The summed E-state index contributed by atoms with van der Waals surface area (Å²) in [4.78, 5) is 18.8. The van der Waals surface area contributed by atoms with E-state index in [9.17, 15) is 4.79 Å². The van der Waals surface area contributed by atoms with E-state index in [1.165, 1.54) is 22.4 Å². The largest absolute Gasteiger partial charge is 0.350 e. The summed E-state index contributed by atoms with van der Waals surface area (Å²) in [5, 5.41) is 1.82. The molecule has 0 unspecified atom stereocenters. The molecule has 0 aliphatic carbocycles. The second-order valence-corrected chi connectivity index (χ2v) is 8.69. The first kappa shape index (κ1) is 19.8. The molecule has 2 aromatic heterocycles. The van der Waals surface area contributed by atoms with E-state index in [0.717, 1.165) is 53.1 Å². The molecule has 0 saturated carbocycles. The van der Waals surface area contributed by atoms with Crippen LogP contribution in [0, 0.1) is 13.8 Å². The minimum atomic E-state index is 0.476. The van der Waals surface area contributed by atoms with Gasteiger partial charge >= 0.3 is 0 Å². The number of nitrogens with zero attached hydrogens (tertiary/aromatic N) is 3. The molecular formula is C26H24ClN3O. The quantitative estimate of drug-likeness (QED) is 0.389. The van der Waals surface area contributed by atoms with Gasteiger partial charge in [-0.25, -0.2) is 4.98 Å². The lowest BCUT2D eigenvalue weighted by atomic mass is 10.00. The number of halogens is 1. The Morgan fingerprint density at radius 2 is 1.87 bits per heavy atom. The van der Waals surface area contributed by atoms with E-state index in [0.29, 0.717) is 12.2 Å².